The van der Waals surface area contributed by atoms with E-state index in [0.29, 0.717) is 0 Å². The molecule has 0 saturated carbocycles. The Morgan fingerprint density at radius 1 is 1.58 bits per heavy atom. The molecule has 1 heterocycles. The van der Waals surface area contributed by atoms with Gasteiger partial charge in [0.2, 0.25) is 11.5 Å². The van der Waals surface area contributed by atoms with E-state index in [-0.39, 0.29) is 5.75 Å². The predicted molar refractivity (Wildman–Crippen MR) is 38.5 cm³/mol. The first kappa shape index (κ1) is 8.32. The van der Waals surface area contributed by atoms with Crippen molar-refractivity contribution in [3.05, 3.63) is 28.3 Å². The fourth-order valence-corrected chi connectivity index (χ4v) is 0.670. The number of aromatic carboxylic acids is 1. The largest absolute Gasteiger partial charge is 0.490 e. The summed E-state index contributed by atoms with van der Waals surface area (Å²) < 4.78 is 8.96. The molecule has 0 aliphatic rings. The Labute approximate surface area is 67.2 Å². The van der Waals surface area contributed by atoms with Crippen molar-refractivity contribution in [3.63, 3.8) is 0 Å². The SMILES string of the molecule is COc1ccc(C(=O)O)oc1=O. The Hall–Kier alpha value is -1.78. The van der Waals surface area contributed by atoms with Crippen molar-refractivity contribution in [2.75, 3.05) is 7.11 Å². The zero-order chi connectivity index (χ0) is 9.14. The fourth-order valence-electron chi connectivity index (χ4n) is 0.670. The third-order valence-electron chi connectivity index (χ3n) is 1.22. The smallest absolute Gasteiger partial charge is 0.379 e. The van der Waals surface area contributed by atoms with Crippen molar-refractivity contribution in [3.8, 4) is 5.75 Å². The van der Waals surface area contributed by atoms with Crippen LogP contribution >= 0.6 is 0 Å². The molecule has 1 aromatic rings. The van der Waals surface area contributed by atoms with E-state index in [1.807, 2.05) is 0 Å². The van der Waals surface area contributed by atoms with E-state index in [1.54, 1.807) is 0 Å². The predicted octanol–water partition coefficient (Wildman–Crippen LogP) is 0.347. The maximum Gasteiger partial charge on any atom is 0.379 e. The van der Waals surface area contributed by atoms with Crippen molar-refractivity contribution >= 4 is 5.97 Å². The van der Waals surface area contributed by atoms with Crippen LogP contribution < -0.4 is 10.4 Å². The second-order valence-electron chi connectivity index (χ2n) is 1.96. The lowest BCUT2D eigenvalue weighted by Gasteiger charge is -1.96. The van der Waals surface area contributed by atoms with Crippen LogP contribution in [0.4, 0.5) is 0 Å². The van der Waals surface area contributed by atoms with Crippen LogP contribution in [0.25, 0.3) is 0 Å². The van der Waals surface area contributed by atoms with Crippen LogP contribution in [-0.4, -0.2) is 18.2 Å². The van der Waals surface area contributed by atoms with Crippen LogP contribution in [0.15, 0.2) is 21.3 Å². The minimum atomic E-state index is -1.28. The van der Waals surface area contributed by atoms with Crippen LogP contribution in [0.3, 0.4) is 0 Å². The summed E-state index contributed by atoms with van der Waals surface area (Å²) in [4.78, 5) is 21.1. The molecule has 0 atom stereocenters. The van der Waals surface area contributed by atoms with Crippen molar-refractivity contribution in [1.82, 2.24) is 0 Å². The van der Waals surface area contributed by atoms with Crippen LogP contribution in [0.1, 0.15) is 10.6 Å². The number of rotatable bonds is 2. The molecule has 0 aliphatic heterocycles. The summed E-state index contributed by atoms with van der Waals surface area (Å²) in [5.74, 6) is -1.70. The van der Waals surface area contributed by atoms with Crippen LogP contribution in [-0.2, 0) is 0 Å². The van der Waals surface area contributed by atoms with Gasteiger partial charge in [0, 0.05) is 0 Å². The molecule has 5 heteroatoms. The van der Waals surface area contributed by atoms with Crippen molar-refractivity contribution in [2.24, 2.45) is 0 Å². The van der Waals surface area contributed by atoms with Gasteiger partial charge in [0.1, 0.15) is 0 Å². The van der Waals surface area contributed by atoms with E-state index < -0.39 is 17.4 Å². The molecule has 0 saturated heterocycles. The van der Waals surface area contributed by atoms with Gasteiger partial charge in [-0.2, -0.15) is 0 Å². The molecule has 0 fully saturated rings. The molecule has 1 N–H and O–H groups in total. The van der Waals surface area contributed by atoms with E-state index in [0.717, 1.165) is 6.07 Å². The first-order valence-corrected chi connectivity index (χ1v) is 3.06. The zero-order valence-corrected chi connectivity index (χ0v) is 6.23. The Morgan fingerprint density at radius 2 is 2.25 bits per heavy atom. The highest BCUT2D eigenvalue weighted by molar-refractivity contribution is 5.84. The molecular formula is C7H6O5. The minimum absolute atomic E-state index is 0.0139. The highest BCUT2D eigenvalue weighted by atomic mass is 16.5. The van der Waals surface area contributed by atoms with E-state index in [9.17, 15) is 9.59 Å². The summed E-state index contributed by atoms with van der Waals surface area (Å²) >= 11 is 0. The number of methoxy groups -OCH3 is 1. The maximum atomic E-state index is 10.8. The number of hydrogen-bond acceptors (Lipinski definition) is 4. The van der Waals surface area contributed by atoms with E-state index in [1.165, 1.54) is 13.2 Å². The standard InChI is InChI=1S/C7H6O5/c1-11-5-3-2-4(6(8)9)12-7(5)10/h2-3H,1H3,(H,8,9). The van der Waals surface area contributed by atoms with Gasteiger partial charge in [0.25, 0.3) is 0 Å². The number of carboxylic acid groups (broad SMARTS) is 1. The third-order valence-corrected chi connectivity index (χ3v) is 1.22. The van der Waals surface area contributed by atoms with Gasteiger partial charge in [0.15, 0.2) is 0 Å². The Balaban J connectivity index is 3.19. The van der Waals surface area contributed by atoms with Crippen molar-refractivity contribution in [1.29, 1.82) is 0 Å². The molecule has 0 unspecified atom stereocenters. The van der Waals surface area contributed by atoms with Gasteiger partial charge in [-0.3, -0.25) is 0 Å². The van der Waals surface area contributed by atoms with Gasteiger partial charge in [-0.1, -0.05) is 0 Å². The van der Waals surface area contributed by atoms with E-state index in [2.05, 4.69) is 9.15 Å². The second-order valence-corrected chi connectivity index (χ2v) is 1.96. The van der Waals surface area contributed by atoms with Gasteiger partial charge < -0.3 is 14.3 Å². The van der Waals surface area contributed by atoms with Gasteiger partial charge >= 0.3 is 11.6 Å². The van der Waals surface area contributed by atoms with Crippen molar-refractivity contribution in [2.45, 2.75) is 0 Å². The molecule has 0 radical (unpaired) electrons. The Morgan fingerprint density at radius 3 is 2.67 bits per heavy atom. The molecule has 0 aromatic carbocycles. The number of hydrogen-bond donors (Lipinski definition) is 1. The molecule has 1 aromatic heterocycles. The molecule has 12 heavy (non-hydrogen) atoms. The lowest BCUT2D eigenvalue weighted by Crippen LogP contribution is -2.07. The van der Waals surface area contributed by atoms with Crippen LogP contribution in [0.5, 0.6) is 5.75 Å². The minimum Gasteiger partial charge on any atom is -0.490 e. The lowest BCUT2D eigenvalue weighted by atomic mass is 10.4. The molecule has 1 rings (SSSR count). The number of ether oxygens (including phenoxy) is 1. The summed E-state index contributed by atoms with van der Waals surface area (Å²) in [6.07, 6.45) is 0. The second kappa shape index (κ2) is 3.08. The average Bonchev–Trinajstić information content (AvgIpc) is 2.04. The number of carbonyl (C=O) groups is 1. The normalized spacial score (nSPS) is 9.42. The molecule has 0 amide bonds. The molecule has 0 bridgehead atoms. The summed E-state index contributed by atoms with van der Waals surface area (Å²) in [6, 6.07) is 2.40. The fraction of sp³-hybridized carbons (Fsp3) is 0.143. The van der Waals surface area contributed by atoms with Gasteiger partial charge in [-0.05, 0) is 12.1 Å². The Bertz CT molecular complexity index is 351. The van der Waals surface area contributed by atoms with E-state index in [4.69, 9.17) is 5.11 Å². The summed E-state index contributed by atoms with van der Waals surface area (Å²) in [6.45, 7) is 0. The zero-order valence-electron chi connectivity index (χ0n) is 6.23. The Kier molecular flexibility index (Phi) is 2.14. The van der Waals surface area contributed by atoms with E-state index >= 15 is 0 Å². The lowest BCUT2D eigenvalue weighted by molar-refractivity contribution is 0.0656. The quantitative estimate of drug-likeness (QED) is 0.692. The summed E-state index contributed by atoms with van der Waals surface area (Å²) in [5, 5.41) is 8.40. The molecular weight excluding hydrogens is 164 g/mol. The number of carboxylic acids is 1. The first-order valence-electron chi connectivity index (χ1n) is 3.06. The molecule has 0 spiro atoms. The summed E-state index contributed by atoms with van der Waals surface area (Å²) in [5.41, 5.74) is -0.794. The maximum absolute atomic E-state index is 10.8. The van der Waals surface area contributed by atoms with Gasteiger partial charge in [-0.25, -0.2) is 9.59 Å². The third kappa shape index (κ3) is 1.45. The van der Waals surface area contributed by atoms with Crippen molar-refractivity contribution < 1.29 is 19.1 Å². The van der Waals surface area contributed by atoms with Gasteiger partial charge in [0.05, 0.1) is 7.11 Å². The molecule has 5 nitrogen and oxygen atoms in total. The first-order chi connectivity index (χ1) is 5.65. The molecule has 64 valence electrons. The monoisotopic (exact) mass is 170 g/mol. The average molecular weight is 170 g/mol. The highest BCUT2D eigenvalue weighted by Crippen LogP contribution is 2.04. The molecule has 0 aliphatic carbocycles. The summed E-state index contributed by atoms with van der Waals surface area (Å²) in [7, 11) is 1.30. The van der Waals surface area contributed by atoms with Gasteiger partial charge in [-0.15, -0.1) is 0 Å². The highest BCUT2D eigenvalue weighted by Gasteiger charge is 2.08. The van der Waals surface area contributed by atoms with Crippen LogP contribution in [0.2, 0.25) is 0 Å². The topological polar surface area (TPSA) is 76.7 Å². The van der Waals surface area contributed by atoms with Crippen LogP contribution in [0, 0.1) is 0 Å².